The van der Waals surface area contributed by atoms with Gasteiger partial charge in [-0.1, -0.05) is 27.7 Å². The van der Waals surface area contributed by atoms with Crippen molar-refractivity contribution in [3.8, 4) is 0 Å². The molecular weight excluding hydrogens is 170 g/mol. The zero-order chi connectivity index (χ0) is 10.3. The molecule has 3 rings (SSSR count). The van der Waals surface area contributed by atoms with Gasteiger partial charge in [-0.25, -0.2) is 0 Å². The molecule has 0 radical (unpaired) electrons. The summed E-state index contributed by atoms with van der Waals surface area (Å²) in [6, 6.07) is 0.810. The maximum Gasteiger partial charge on any atom is 0.0103 e. The molecule has 1 N–H and O–H groups in total. The van der Waals surface area contributed by atoms with Crippen molar-refractivity contribution < 1.29 is 0 Å². The Balaban J connectivity index is 1.99. The molecule has 0 aromatic carbocycles. The van der Waals surface area contributed by atoms with Gasteiger partial charge in [0.05, 0.1) is 0 Å². The van der Waals surface area contributed by atoms with Gasteiger partial charge in [-0.3, -0.25) is 0 Å². The number of rotatable bonds is 3. The van der Waals surface area contributed by atoms with Crippen molar-refractivity contribution in [2.24, 2.45) is 23.2 Å². The van der Waals surface area contributed by atoms with E-state index in [1.807, 2.05) is 0 Å². The van der Waals surface area contributed by atoms with Crippen molar-refractivity contribution in [3.63, 3.8) is 0 Å². The van der Waals surface area contributed by atoms with Gasteiger partial charge in [0.15, 0.2) is 0 Å². The Labute approximate surface area is 88.7 Å². The van der Waals surface area contributed by atoms with Crippen molar-refractivity contribution >= 4 is 0 Å². The van der Waals surface area contributed by atoms with Crippen LogP contribution in [0.1, 0.15) is 47.0 Å². The molecule has 4 atom stereocenters. The lowest BCUT2D eigenvalue weighted by Gasteiger charge is -2.63. The minimum atomic E-state index is 0.614. The number of fused-ring (bicyclic) bond motifs is 2. The van der Waals surface area contributed by atoms with E-state index in [0.717, 1.165) is 23.8 Å². The minimum Gasteiger partial charge on any atom is -0.314 e. The van der Waals surface area contributed by atoms with Crippen LogP contribution in [-0.4, -0.2) is 12.6 Å². The van der Waals surface area contributed by atoms with E-state index in [9.17, 15) is 0 Å². The van der Waals surface area contributed by atoms with Crippen molar-refractivity contribution in [1.82, 2.24) is 5.32 Å². The summed E-state index contributed by atoms with van der Waals surface area (Å²) in [4.78, 5) is 0. The summed E-state index contributed by atoms with van der Waals surface area (Å²) in [5, 5.41) is 3.74. The number of hydrogen-bond acceptors (Lipinski definition) is 1. The predicted molar refractivity (Wildman–Crippen MR) is 61.2 cm³/mol. The fourth-order valence-electron chi connectivity index (χ4n) is 3.93. The van der Waals surface area contributed by atoms with Crippen LogP contribution in [0.25, 0.3) is 0 Å². The molecule has 0 unspecified atom stereocenters. The summed E-state index contributed by atoms with van der Waals surface area (Å²) in [6.07, 6.45) is 4.16. The minimum absolute atomic E-state index is 0.614. The lowest BCUT2D eigenvalue weighted by atomic mass is 9.44. The molecule has 3 fully saturated rings. The molecule has 0 amide bonds. The Kier molecular flexibility index (Phi) is 2.63. The van der Waals surface area contributed by atoms with Gasteiger partial charge >= 0.3 is 0 Å². The standard InChI is InChI=1S/C13H25N/c1-5-6-14-12-7-9(2)10-8-11(12)13(10,3)4/h9-12,14H,5-8H2,1-4H3/t9-,10+,11+,12+/m1/s1. The van der Waals surface area contributed by atoms with Crippen LogP contribution in [0.15, 0.2) is 0 Å². The Bertz CT molecular complexity index is 209. The van der Waals surface area contributed by atoms with Gasteiger partial charge in [-0.15, -0.1) is 0 Å². The Morgan fingerprint density at radius 1 is 1.21 bits per heavy atom. The molecule has 2 bridgehead atoms. The smallest absolute Gasteiger partial charge is 0.0103 e. The first-order valence-electron chi connectivity index (χ1n) is 6.30. The van der Waals surface area contributed by atoms with E-state index in [2.05, 4.69) is 33.0 Å². The molecule has 0 heterocycles. The lowest BCUT2D eigenvalue weighted by Crippen LogP contribution is -2.61. The molecule has 0 aliphatic heterocycles. The molecule has 3 saturated carbocycles. The molecule has 3 aliphatic rings. The molecular formula is C13H25N. The fourth-order valence-corrected chi connectivity index (χ4v) is 3.93. The maximum atomic E-state index is 3.74. The Morgan fingerprint density at radius 3 is 2.43 bits per heavy atom. The summed E-state index contributed by atoms with van der Waals surface area (Å²) in [6.45, 7) is 10.9. The van der Waals surface area contributed by atoms with Gasteiger partial charge in [0, 0.05) is 6.04 Å². The van der Waals surface area contributed by atoms with Gasteiger partial charge in [0.2, 0.25) is 0 Å². The van der Waals surface area contributed by atoms with Crippen LogP contribution in [0.2, 0.25) is 0 Å². The van der Waals surface area contributed by atoms with E-state index in [-0.39, 0.29) is 0 Å². The van der Waals surface area contributed by atoms with Crippen molar-refractivity contribution in [2.75, 3.05) is 6.54 Å². The maximum absolute atomic E-state index is 3.74. The molecule has 0 aromatic rings. The third-order valence-electron chi connectivity index (χ3n) is 4.87. The zero-order valence-corrected chi connectivity index (χ0v) is 10.1. The summed E-state index contributed by atoms with van der Waals surface area (Å²) >= 11 is 0. The van der Waals surface area contributed by atoms with Gasteiger partial charge in [0.25, 0.3) is 0 Å². The highest BCUT2D eigenvalue weighted by molar-refractivity contribution is 5.08. The number of nitrogens with one attached hydrogen (secondary N) is 1. The van der Waals surface area contributed by atoms with Gasteiger partial charge in [0.1, 0.15) is 0 Å². The highest BCUT2D eigenvalue weighted by atomic mass is 14.9. The number of hydrogen-bond donors (Lipinski definition) is 1. The van der Waals surface area contributed by atoms with E-state index in [4.69, 9.17) is 0 Å². The quantitative estimate of drug-likeness (QED) is 0.730. The Hall–Kier alpha value is -0.0400. The fraction of sp³-hybridized carbons (Fsp3) is 1.00. The molecule has 3 aliphatic carbocycles. The normalized spacial score (nSPS) is 44.6. The first kappa shape index (κ1) is 10.5. The van der Waals surface area contributed by atoms with Gasteiger partial charge in [-0.05, 0) is 49.0 Å². The zero-order valence-electron chi connectivity index (χ0n) is 10.1. The topological polar surface area (TPSA) is 12.0 Å². The van der Waals surface area contributed by atoms with Crippen LogP contribution in [0, 0.1) is 23.2 Å². The third kappa shape index (κ3) is 1.41. The van der Waals surface area contributed by atoms with Crippen LogP contribution in [0.3, 0.4) is 0 Å². The molecule has 0 spiro atoms. The van der Waals surface area contributed by atoms with Crippen LogP contribution in [0.5, 0.6) is 0 Å². The van der Waals surface area contributed by atoms with E-state index in [0.29, 0.717) is 5.41 Å². The molecule has 1 heteroatoms. The SMILES string of the molecule is CCCN[C@H]1C[C@@H](C)[C@@H]2C[C@@H]1C2(C)C. The first-order valence-corrected chi connectivity index (χ1v) is 6.30. The first-order chi connectivity index (χ1) is 6.57. The lowest BCUT2D eigenvalue weighted by molar-refractivity contribution is -0.119. The Morgan fingerprint density at radius 2 is 1.93 bits per heavy atom. The average Bonchev–Trinajstić information content (AvgIpc) is 2.13. The molecule has 14 heavy (non-hydrogen) atoms. The molecule has 0 aromatic heterocycles. The average molecular weight is 195 g/mol. The third-order valence-corrected chi connectivity index (χ3v) is 4.87. The van der Waals surface area contributed by atoms with Crippen LogP contribution in [0.4, 0.5) is 0 Å². The highest BCUT2D eigenvalue weighted by Gasteiger charge is 2.56. The molecule has 0 saturated heterocycles. The molecule has 82 valence electrons. The van der Waals surface area contributed by atoms with E-state index < -0.39 is 0 Å². The van der Waals surface area contributed by atoms with Crippen LogP contribution in [-0.2, 0) is 0 Å². The van der Waals surface area contributed by atoms with Crippen LogP contribution < -0.4 is 5.32 Å². The van der Waals surface area contributed by atoms with E-state index in [1.54, 1.807) is 0 Å². The second-order valence-corrected chi connectivity index (χ2v) is 6.04. The van der Waals surface area contributed by atoms with Crippen LogP contribution >= 0.6 is 0 Å². The highest BCUT2D eigenvalue weighted by Crippen LogP contribution is 2.61. The van der Waals surface area contributed by atoms with Crippen molar-refractivity contribution in [3.05, 3.63) is 0 Å². The second-order valence-electron chi connectivity index (χ2n) is 6.04. The van der Waals surface area contributed by atoms with E-state index in [1.165, 1.54) is 25.8 Å². The summed E-state index contributed by atoms with van der Waals surface area (Å²) in [5.41, 5.74) is 0.614. The predicted octanol–water partition coefficient (Wildman–Crippen LogP) is 3.06. The second kappa shape index (κ2) is 3.52. The summed E-state index contributed by atoms with van der Waals surface area (Å²) in [7, 11) is 0. The van der Waals surface area contributed by atoms with Crippen molar-refractivity contribution in [2.45, 2.75) is 53.0 Å². The summed E-state index contributed by atoms with van der Waals surface area (Å²) in [5.74, 6) is 2.90. The van der Waals surface area contributed by atoms with E-state index >= 15 is 0 Å². The summed E-state index contributed by atoms with van der Waals surface area (Å²) < 4.78 is 0. The van der Waals surface area contributed by atoms with Crippen molar-refractivity contribution in [1.29, 1.82) is 0 Å². The largest absolute Gasteiger partial charge is 0.314 e. The monoisotopic (exact) mass is 195 g/mol. The molecule has 1 nitrogen and oxygen atoms in total. The van der Waals surface area contributed by atoms with Gasteiger partial charge in [-0.2, -0.15) is 0 Å². The van der Waals surface area contributed by atoms with Gasteiger partial charge < -0.3 is 5.32 Å².